The lowest BCUT2D eigenvalue weighted by molar-refractivity contribution is 0.835. The van der Waals surface area contributed by atoms with Crippen molar-refractivity contribution in [2.45, 2.75) is 20.3 Å². The zero-order valence-corrected chi connectivity index (χ0v) is 15.7. The molecule has 1 aliphatic carbocycles. The smallest absolute Gasteiger partial charge is 0.0889 e. The lowest BCUT2D eigenvalue weighted by Gasteiger charge is -2.23. The molecule has 0 radical (unpaired) electrons. The Morgan fingerprint density at radius 1 is 1.08 bits per heavy atom. The first-order valence-corrected chi connectivity index (χ1v) is 9.01. The van der Waals surface area contributed by atoms with E-state index in [2.05, 4.69) is 61.6 Å². The van der Waals surface area contributed by atoms with Gasteiger partial charge >= 0.3 is 0 Å². The van der Waals surface area contributed by atoms with Crippen molar-refractivity contribution in [3.05, 3.63) is 81.9 Å². The summed E-state index contributed by atoms with van der Waals surface area (Å²) >= 11 is 6.55. The summed E-state index contributed by atoms with van der Waals surface area (Å²) in [6.45, 7) is 4.84. The number of aryl methyl sites for hydroxylation is 1. The van der Waals surface area contributed by atoms with Crippen LogP contribution in [0.3, 0.4) is 0 Å². The Kier molecular flexibility index (Phi) is 5.52. The number of hydrogen-bond donors (Lipinski definition) is 1. The van der Waals surface area contributed by atoms with Gasteiger partial charge in [-0.05, 0) is 55.3 Å². The minimum Gasteiger partial charge on any atom is -0.301 e. The van der Waals surface area contributed by atoms with Crippen LogP contribution in [-0.4, -0.2) is 19.4 Å². The first-order chi connectivity index (χ1) is 12.2. The molecule has 0 spiro atoms. The Hall–Kier alpha value is -2.16. The fourth-order valence-electron chi connectivity index (χ4n) is 3.17. The average Bonchev–Trinajstić information content (AvgIpc) is 2.63. The summed E-state index contributed by atoms with van der Waals surface area (Å²) < 4.78 is 0. The number of halogens is 1. The van der Waals surface area contributed by atoms with Crippen LogP contribution in [0.25, 0.3) is 11.1 Å². The molecule has 0 bridgehead atoms. The van der Waals surface area contributed by atoms with Crippen molar-refractivity contribution in [1.82, 2.24) is 5.32 Å². The van der Waals surface area contributed by atoms with E-state index in [1.807, 2.05) is 19.2 Å². The molecule has 2 aromatic rings. The molecular formula is C22H23ClN2. The molecule has 128 valence electrons. The Balaban J connectivity index is 2.26. The quantitative estimate of drug-likeness (QED) is 0.773. The summed E-state index contributed by atoms with van der Waals surface area (Å²) in [5, 5.41) is 3.87. The molecule has 3 rings (SSSR count). The molecule has 25 heavy (non-hydrogen) atoms. The zero-order valence-electron chi connectivity index (χ0n) is 14.9. The topological polar surface area (TPSA) is 24.4 Å². The van der Waals surface area contributed by atoms with Gasteiger partial charge in [0, 0.05) is 16.1 Å². The van der Waals surface area contributed by atoms with E-state index in [9.17, 15) is 0 Å². The second-order valence-corrected chi connectivity index (χ2v) is 6.58. The summed E-state index contributed by atoms with van der Waals surface area (Å²) in [5.41, 5.74) is 8.01. The summed E-state index contributed by atoms with van der Waals surface area (Å²) in [4.78, 5) is 4.72. The molecule has 0 aromatic heterocycles. The Bertz CT molecular complexity index is 875. The lowest BCUT2D eigenvalue weighted by Crippen LogP contribution is -2.14. The fourth-order valence-corrected chi connectivity index (χ4v) is 3.39. The molecule has 3 heteroatoms. The minimum absolute atomic E-state index is 0.585. The Morgan fingerprint density at radius 2 is 1.84 bits per heavy atom. The third kappa shape index (κ3) is 3.60. The van der Waals surface area contributed by atoms with E-state index in [1.54, 1.807) is 0 Å². The van der Waals surface area contributed by atoms with Crippen LogP contribution in [0.1, 0.15) is 35.6 Å². The van der Waals surface area contributed by atoms with E-state index in [4.69, 9.17) is 16.6 Å². The van der Waals surface area contributed by atoms with Crippen LogP contribution in [0.15, 0.2) is 59.6 Å². The summed E-state index contributed by atoms with van der Waals surface area (Å²) in [7, 11) is 1.91. The molecule has 0 atom stereocenters. The van der Waals surface area contributed by atoms with Crippen molar-refractivity contribution in [1.29, 1.82) is 0 Å². The number of fused-ring (bicyclic) bond motifs is 1. The fraction of sp³-hybridized carbons (Fsp3) is 0.227. The number of aliphatic imine (C=N–C) groups is 1. The molecule has 1 N–H and O–H groups in total. The van der Waals surface area contributed by atoms with Gasteiger partial charge in [0.25, 0.3) is 0 Å². The lowest BCUT2D eigenvalue weighted by atomic mass is 9.82. The monoisotopic (exact) mass is 350 g/mol. The third-order valence-corrected chi connectivity index (χ3v) is 4.62. The summed E-state index contributed by atoms with van der Waals surface area (Å²) in [6, 6.07) is 14.6. The van der Waals surface area contributed by atoms with Crippen LogP contribution in [0, 0.1) is 6.92 Å². The Morgan fingerprint density at radius 3 is 2.56 bits per heavy atom. The van der Waals surface area contributed by atoms with Gasteiger partial charge in [0.2, 0.25) is 0 Å². The van der Waals surface area contributed by atoms with Gasteiger partial charge < -0.3 is 5.32 Å². The van der Waals surface area contributed by atoms with Gasteiger partial charge in [-0.15, -0.1) is 0 Å². The molecular weight excluding hydrogens is 328 g/mol. The minimum atomic E-state index is 0.585. The standard InChI is InChI=1S/C22H23ClN2/c1-4-7-16-17-8-5-6-9-18(17)22(25-14-24-3)13-19(16)20-12-15(2)10-11-21(20)23/h5-13,24H,4,14H2,1-3H3/b16-7-,25-22+. The van der Waals surface area contributed by atoms with Gasteiger partial charge in [0.1, 0.15) is 0 Å². The molecule has 2 nitrogen and oxygen atoms in total. The van der Waals surface area contributed by atoms with Crippen LogP contribution in [0.2, 0.25) is 5.02 Å². The summed E-state index contributed by atoms with van der Waals surface area (Å²) in [6.07, 6.45) is 5.41. The average molecular weight is 351 g/mol. The maximum Gasteiger partial charge on any atom is 0.0889 e. The van der Waals surface area contributed by atoms with E-state index >= 15 is 0 Å². The molecule has 2 aromatic carbocycles. The molecule has 0 fully saturated rings. The number of nitrogens with one attached hydrogen (secondary N) is 1. The predicted molar refractivity (Wildman–Crippen MR) is 109 cm³/mol. The number of nitrogens with zero attached hydrogens (tertiary/aromatic N) is 1. The molecule has 0 heterocycles. The second-order valence-electron chi connectivity index (χ2n) is 6.17. The van der Waals surface area contributed by atoms with Gasteiger partial charge in [0.15, 0.2) is 0 Å². The van der Waals surface area contributed by atoms with Crippen molar-refractivity contribution < 1.29 is 0 Å². The van der Waals surface area contributed by atoms with Crippen LogP contribution < -0.4 is 5.32 Å². The number of rotatable bonds is 4. The van der Waals surface area contributed by atoms with E-state index in [0.29, 0.717) is 6.67 Å². The third-order valence-electron chi connectivity index (χ3n) is 4.29. The molecule has 0 unspecified atom stereocenters. The van der Waals surface area contributed by atoms with E-state index in [0.717, 1.165) is 28.3 Å². The van der Waals surface area contributed by atoms with Gasteiger partial charge in [0.05, 0.1) is 12.4 Å². The molecule has 1 aliphatic rings. The zero-order chi connectivity index (χ0) is 17.8. The normalized spacial score (nSPS) is 16.9. The van der Waals surface area contributed by atoms with Crippen molar-refractivity contribution >= 4 is 28.5 Å². The van der Waals surface area contributed by atoms with Gasteiger partial charge in [-0.2, -0.15) is 0 Å². The predicted octanol–water partition coefficient (Wildman–Crippen LogP) is 5.51. The number of allylic oxidation sites excluding steroid dienone is 4. The van der Waals surface area contributed by atoms with Crippen LogP contribution >= 0.6 is 11.6 Å². The van der Waals surface area contributed by atoms with Crippen molar-refractivity contribution in [2.75, 3.05) is 13.7 Å². The van der Waals surface area contributed by atoms with Crippen molar-refractivity contribution in [3.63, 3.8) is 0 Å². The number of benzene rings is 2. The second kappa shape index (κ2) is 7.81. The van der Waals surface area contributed by atoms with Crippen LogP contribution in [0.4, 0.5) is 0 Å². The largest absolute Gasteiger partial charge is 0.301 e. The molecule has 0 saturated heterocycles. The highest BCUT2D eigenvalue weighted by atomic mass is 35.5. The van der Waals surface area contributed by atoms with Gasteiger partial charge in [-0.3, -0.25) is 4.99 Å². The maximum absolute atomic E-state index is 6.55. The maximum atomic E-state index is 6.55. The first-order valence-electron chi connectivity index (χ1n) is 8.63. The SMILES string of the molecule is CC/C=C1C(c2cc(C)ccc2Cl)=C/C(=N\CNC)c2ccccc2\1. The van der Waals surface area contributed by atoms with Gasteiger partial charge in [-0.25, -0.2) is 0 Å². The highest BCUT2D eigenvalue weighted by molar-refractivity contribution is 6.35. The number of hydrogen-bond acceptors (Lipinski definition) is 2. The summed E-state index contributed by atoms with van der Waals surface area (Å²) in [5.74, 6) is 0. The van der Waals surface area contributed by atoms with Crippen molar-refractivity contribution in [2.24, 2.45) is 4.99 Å². The molecule has 0 amide bonds. The highest BCUT2D eigenvalue weighted by Gasteiger charge is 2.22. The van der Waals surface area contributed by atoms with E-state index < -0.39 is 0 Å². The van der Waals surface area contributed by atoms with E-state index in [-0.39, 0.29) is 0 Å². The van der Waals surface area contributed by atoms with Crippen LogP contribution in [0.5, 0.6) is 0 Å². The van der Waals surface area contributed by atoms with Crippen LogP contribution in [-0.2, 0) is 0 Å². The Labute approximate surface area is 155 Å². The highest BCUT2D eigenvalue weighted by Crippen LogP contribution is 2.40. The molecule has 0 saturated carbocycles. The molecule has 0 aliphatic heterocycles. The first kappa shape index (κ1) is 17.7. The van der Waals surface area contributed by atoms with Gasteiger partial charge in [-0.1, -0.05) is 60.5 Å². The van der Waals surface area contributed by atoms with Crippen molar-refractivity contribution in [3.8, 4) is 0 Å². The van der Waals surface area contributed by atoms with E-state index in [1.165, 1.54) is 22.3 Å².